The summed E-state index contributed by atoms with van der Waals surface area (Å²) in [7, 11) is 0. The summed E-state index contributed by atoms with van der Waals surface area (Å²) in [6.07, 6.45) is 2.94. The molecule has 3 heterocycles. The highest BCUT2D eigenvalue weighted by Crippen LogP contribution is 2.43. The standard InChI is InChI=1S/C27H26BrN7O2/c1-3-21-30-23(16-10-11-16)24(27(36)29-4-2)35(21)14-15-9-12-20-19(13-15)22(28)25(37-20)17-7-5-6-8-18(17)26-31-33-34-32-26/h5-9,12-13,16H,3-4,10-11,14H2,1-2H3,(H,29,36)(H,31,32,33,34). The number of aromatic nitrogens is 6. The first-order valence-corrected chi connectivity index (χ1v) is 13.3. The average Bonchev–Trinajstić information content (AvgIpc) is 3.33. The fourth-order valence-corrected chi connectivity index (χ4v) is 5.41. The Balaban J connectivity index is 1.41. The average molecular weight is 560 g/mol. The third-order valence-electron chi connectivity index (χ3n) is 6.70. The van der Waals surface area contributed by atoms with Crippen LogP contribution in [-0.2, 0) is 13.0 Å². The number of furan rings is 1. The number of nitrogens with one attached hydrogen (secondary N) is 2. The Labute approximate surface area is 221 Å². The maximum atomic E-state index is 13.1. The molecule has 2 aromatic carbocycles. The largest absolute Gasteiger partial charge is 0.455 e. The van der Waals surface area contributed by atoms with Crippen LogP contribution in [0.3, 0.4) is 0 Å². The predicted molar refractivity (Wildman–Crippen MR) is 143 cm³/mol. The van der Waals surface area contributed by atoms with Gasteiger partial charge >= 0.3 is 0 Å². The topological polar surface area (TPSA) is 115 Å². The first-order valence-electron chi connectivity index (χ1n) is 12.5. The number of aryl methyl sites for hydroxylation is 1. The van der Waals surface area contributed by atoms with Crippen molar-refractivity contribution in [2.75, 3.05) is 6.54 Å². The number of carbonyl (C=O) groups excluding carboxylic acids is 1. The molecule has 9 nitrogen and oxygen atoms in total. The highest BCUT2D eigenvalue weighted by Gasteiger charge is 2.33. The second-order valence-corrected chi connectivity index (χ2v) is 9.98. The zero-order valence-electron chi connectivity index (χ0n) is 20.6. The normalized spacial score (nSPS) is 13.4. The van der Waals surface area contributed by atoms with Gasteiger partial charge in [-0.1, -0.05) is 37.3 Å². The van der Waals surface area contributed by atoms with E-state index >= 15 is 0 Å². The summed E-state index contributed by atoms with van der Waals surface area (Å²) in [4.78, 5) is 18.0. The molecule has 1 saturated carbocycles. The number of aromatic amines is 1. The maximum absolute atomic E-state index is 13.1. The van der Waals surface area contributed by atoms with Gasteiger partial charge in [0.2, 0.25) is 5.82 Å². The lowest BCUT2D eigenvalue weighted by Gasteiger charge is -2.12. The van der Waals surface area contributed by atoms with Gasteiger partial charge in [-0.25, -0.2) is 4.98 Å². The number of hydrogen-bond donors (Lipinski definition) is 2. The predicted octanol–water partition coefficient (Wildman–Crippen LogP) is 5.48. The smallest absolute Gasteiger partial charge is 0.269 e. The molecule has 5 aromatic rings. The van der Waals surface area contributed by atoms with E-state index in [1.54, 1.807) is 0 Å². The van der Waals surface area contributed by atoms with Gasteiger partial charge in [-0.2, -0.15) is 5.21 Å². The zero-order valence-corrected chi connectivity index (χ0v) is 22.2. The van der Waals surface area contributed by atoms with Crippen LogP contribution in [0.15, 0.2) is 51.4 Å². The first-order chi connectivity index (χ1) is 18.1. The van der Waals surface area contributed by atoms with Crippen LogP contribution in [0.2, 0.25) is 0 Å². The van der Waals surface area contributed by atoms with E-state index in [4.69, 9.17) is 9.40 Å². The van der Waals surface area contributed by atoms with Crippen LogP contribution >= 0.6 is 15.9 Å². The van der Waals surface area contributed by atoms with Gasteiger partial charge in [-0.15, -0.1) is 10.2 Å². The van der Waals surface area contributed by atoms with E-state index in [2.05, 4.69) is 59.4 Å². The number of imidazole rings is 1. The van der Waals surface area contributed by atoms with Crippen LogP contribution in [0.4, 0.5) is 0 Å². The number of fused-ring (bicyclic) bond motifs is 1. The molecule has 0 saturated heterocycles. The molecule has 0 bridgehead atoms. The van der Waals surface area contributed by atoms with Crippen molar-refractivity contribution in [2.24, 2.45) is 0 Å². The number of nitrogens with zero attached hydrogens (tertiary/aromatic N) is 5. The fourth-order valence-electron chi connectivity index (χ4n) is 4.81. The minimum atomic E-state index is -0.0532. The molecule has 0 aliphatic heterocycles. The Kier molecular flexibility index (Phi) is 6.11. The third-order valence-corrected chi connectivity index (χ3v) is 7.48. The van der Waals surface area contributed by atoms with Crippen molar-refractivity contribution in [3.63, 3.8) is 0 Å². The van der Waals surface area contributed by atoms with Gasteiger partial charge in [0, 0.05) is 41.9 Å². The Morgan fingerprint density at radius 2 is 2.00 bits per heavy atom. The van der Waals surface area contributed by atoms with Crippen LogP contribution in [0, 0.1) is 0 Å². The Morgan fingerprint density at radius 3 is 2.70 bits per heavy atom. The van der Waals surface area contributed by atoms with E-state index in [9.17, 15) is 4.79 Å². The highest BCUT2D eigenvalue weighted by molar-refractivity contribution is 9.10. The summed E-state index contributed by atoms with van der Waals surface area (Å²) in [6, 6.07) is 13.9. The van der Waals surface area contributed by atoms with Crippen molar-refractivity contribution in [2.45, 2.75) is 45.6 Å². The van der Waals surface area contributed by atoms with Crippen LogP contribution < -0.4 is 5.32 Å². The van der Waals surface area contributed by atoms with Crippen molar-refractivity contribution in [1.82, 2.24) is 35.5 Å². The molecule has 2 N–H and O–H groups in total. The molecule has 10 heteroatoms. The van der Waals surface area contributed by atoms with E-state index in [0.717, 1.165) is 62.9 Å². The Bertz CT molecular complexity index is 1600. The summed E-state index contributed by atoms with van der Waals surface area (Å²) in [5, 5.41) is 18.4. The molecule has 37 heavy (non-hydrogen) atoms. The molecule has 0 atom stereocenters. The van der Waals surface area contributed by atoms with Crippen molar-refractivity contribution >= 4 is 32.8 Å². The summed E-state index contributed by atoms with van der Waals surface area (Å²) < 4.78 is 9.23. The van der Waals surface area contributed by atoms with Gasteiger partial charge in [-0.3, -0.25) is 4.79 Å². The number of halogens is 1. The lowest BCUT2D eigenvalue weighted by atomic mass is 10.0. The summed E-state index contributed by atoms with van der Waals surface area (Å²) >= 11 is 3.78. The number of hydrogen-bond acceptors (Lipinski definition) is 6. The SMILES string of the molecule is CCNC(=O)c1c(C2CC2)nc(CC)n1Cc1ccc2oc(-c3ccccc3-c3nn[nH]n3)c(Br)c2c1. The molecule has 1 fully saturated rings. The molecular weight excluding hydrogens is 534 g/mol. The minimum absolute atomic E-state index is 0.0532. The van der Waals surface area contributed by atoms with Gasteiger partial charge in [0.1, 0.15) is 22.9 Å². The zero-order chi connectivity index (χ0) is 25.5. The monoisotopic (exact) mass is 559 g/mol. The van der Waals surface area contributed by atoms with Crippen LogP contribution in [0.25, 0.3) is 33.7 Å². The number of amides is 1. The number of H-pyrrole nitrogens is 1. The Morgan fingerprint density at radius 1 is 1.19 bits per heavy atom. The summed E-state index contributed by atoms with van der Waals surface area (Å²) in [5.74, 6) is 2.46. The Hall–Kier alpha value is -3.79. The molecule has 1 amide bonds. The van der Waals surface area contributed by atoms with Crippen molar-refractivity contribution in [3.8, 4) is 22.7 Å². The second-order valence-electron chi connectivity index (χ2n) is 9.19. The molecule has 188 valence electrons. The minimum Gasteiger partial charge on any atom is -0.455 e. The van der Waals surface area contributed by atoms with E-state index in [1.165, 1.54) is 0 Å². The van der Waals surface area contributed by atoms with Gasteiger partial charge < -0.3 is 14.3 Å². The van der Waals surface area contributed by atoms with Crippen molar-refractivity contribution < 1.29 is 9.21 Å². The number of tetrazole rings is 1. The molecule has 3 aromatic heterocycles. The van der Waals surface area contributed by atoms with Crippen LogP contribution in [0.5, 0.6) is 0 Å². The van der Waals surface area contributed by atoms with Crippen LogP contribution in [-0.4, -0.2) is 42.6 Å². The van der Waals surface area contributed by atoms with E-state index in [1.807, 2.05) is 43.3 Å². The van der Waals surface area contributed by atoms with Crippen LogP contribution in [0.1, 0.15) is 60.2 Å². The van der Waals surface area contributed by atoms with E-state index < -0.39 is 0 Å². The van der Waals surface area contributed by atoms with Gasteiger partial charge in [0.05, 0.1) is 10.2 Å². The van der Waals surface area contributed by atoms with Gasteiger partial charge in [0.25, 0.3) is 5.91 Å². The van der Waals surface area contributed by atoms with Gasteiger partial charge in [0.15, 0.2) is 0 Å². The molecule has 1 aliphatic carbocycles. The second kappa shape index (κ2) is 9.59. The third kappa shape index (κ3) is 4.25. The molecule has 0 radical (unpaired) electrons. The molecule has 6 rings (SSSR count). The quantitative estimate of drug-likeness (QED) is 0.260. The molecule has 0 unspecified atom stereocenters. The molecule has 1 aliphatic rings. The number of carbonyl (C=O) groups is 1. The summed E-state index contributed by atoms with van der Waals surface area (Å²) in [6.45, 7) is 5.16. The fraction of sp³-hybridized carbons (Fsp3) is 0.296. The van der Waals surface area contributed by atoms with Gasteiger partial charge in [-0.05, 0) is 58.6 Å². The number of rotatable bonds is 8. The van der Waals surface area contributed by atoms with Crippen molar-refractivity contribution in [3.05, 3.63) is 69.7 Å². The molecule has 0 spiro atoms. The van der Waals surface area contributed by atoms with E-state index in [-0.39, 0.29) is 5.91 Å². The maximum Gasteiger partial charge on any atom is 0.269 e. The number of benzene rings is 2. The van der Waals surface area contributed by atoms with Crippen molar-refractivity contribution in [1.29, 1.82) is 0 Å². The first kappa shape index (κ1) is 23.6. The summed E-state index contributed by atoms with van der Waals surface area (Å²) in [5.41, 5.74) is 5.14. The molecular formula is C27H26BrN7O2. The van der Waals surface area contributed by atoms with E-state index in [0.29, 0.717) is 36.3 Å². The lowest BCUT2D eigenvalue weighted by molar-refractivity contribution is 0.0945. The highest BCUT2D eigenvalue weighted by atomic mass is 79.9. The lowest BCUT2D eigenvalue weighted by Crippen LogP contribution is -2.27.